The molecule has 0 heterocycles. The van der Waals surface area contributed by atoms with Crippen molar-refractivity contribution >= 4 is 28.7 Å². The predicted octanol–water partition coefficient (Wildman–Crippen LogP) is 4.97. The van der Waals surface area contributed by atoms with Crippen molar-refractivity contribution in [2.24, 2.45) is 0 Å². The van der Waals surface area contributed by atoms with Crippen molar-refractivity contribution in [3.8, 4) is 16.9 Å². The highest BCUT2D eigenvalue weighted by Crippen LogP contribution is 2.34. The van der Waals surface area contributed by atoms with Gasteiger partial charge in [-0.05, 0) is 78.7 Å². The molecular weight excluding hydrogens is 456 g/mol. The van der Waals surface area contributed by atoms with Gasteiger partial charge in [0.25, 0.3) is 0 Å². The van der Waals surface area contributed by atoms with E-state index >= 15 is 0 Å². The van der Waals surface area contributed by atoms with E-state index in [-0.39, 0.29) is 10.7 Å². The van der Waals surface area contributed by atoms with Crippen LogP contribution in [0.15, 0.2) is 70.5 Å². The summed E-state index contributed by atoms with van der Waals surface area (Å²) >= 11 is 1.44. The summed E-state index contributed by atoms with van der Waals surface area (Å²) in [5, 5.41) is 8.97. The molecule has 1 atom stereocenters. The van der Waals surface area contributed by atoms with Gasteiger partial charge in [-0.1, -0.05) is 12.1 Å². The van der Waals surface area contributed by atoms with Crippen LogP contribution in [0.25, 0.3) is 11.1 Å². The highest BCUT2D eigenvalue weighted by molar-refractivity contribution is 7.97. The Balaban J connectivity index is 1.90. The molecule has 0 aliphatic heterocycles. The van der Waals surface area contributed by atoms with E-state index in [2.05, 4.69) is 0 Å². The average Bonchev–Trinajstić information content (AvgIpc) is 2.74. The molecule has 1 unspecified atom stereocenters. The molecule has 3 aromatic carbocycles. The number of carboxylic acid groups (broad SMARTS) is 1. The zero-order chi connectivity index (χ0) is 23.3. The molecular formula is C23H21F2NO4S2. The maximum atomic E-state index is 14.0. The Hall–Kier alpha value is -2.75. The summed E-state index contributed by atoms with van der Waals surface area (Å²) in [4.78, 5) is 11.9. The Bertz CT molecular complexity index is 1140. The second-order valence-corrected chi connectivity index (χ2v) is 9.57. The van der Waals surface area contributed by atoms with Gasteiger partial charge >= 0.3 is 5.97 Å². The Morgan fingerprint density at radius 3 is 2.47 bits per heavy atom. The number of nitrogens with zero attached hydrogens (tertiary/aromatic N) is 1. The van der Waals surface area contributed by atoms with E-state index in [4.69, 9.17) is 9.84 Å². The smallest absolute Gasteiger partial charge is 0.341 e. The average molecular weight is 478 g/mol. The molecule has 0 bridgehead atoms. The Morgan fingerprint density at radius 1 is 1.09 bits per heavy atom. The molecule has 0 radical (unpaired) electrons. The second kappa shape index (κ2) is 10.7. The largest absolute Gasteiger partial charge is 0.481 e. The molecule has 0 aliphatic rings. The number of aliphatic carboxylic acids is 1. The zero-order valence-electron chi connectivity index (χ0n) is 17.4. The fourth-order valence-electron chi connectivity index (χ4n) is 3.02. The Morgan fingerprint density at radius 2 is 1.81 bits per heavy atom. The van der Waals surface area contributed by atoms with Crippen LogP contribution >= 0.6 is 11.9 Å². The van der Waals surface area contributed by atoms with Gasteiger partial charge in [-0.25, -0.2) is 17.9 Å². The first-order valence-corrected chi connectivity index (χ1v) is 11.8. The molecule has 3 rings (SSSR count). The van der Waals surface area contributed by atoms with Gasteiger partial charge in [0.2, 0.25) is 0 Å². The molecule has 0 spiro atoms. The summed E-state index contributed by atoms with van der Waals surface area (Å²) in [5.41, 5.74) is 2.02. The minimum Gasteiger partial charge on any atom is -0.481 e. The van der Waals surface area contributed by atoms with Gasteiger partial charge in [-0.2, -0.15) is 0 Å². The van der Waals surface area contributed by atoms with Crippen LogP contribution in [0.4, 0.5) is 8.78 Å². The lowest BCUT2D eigenvalue weighted by molar-refractivity contribution is -0.139. The SMILES string of the molecule is CN(Cc1ccc(OCC(=O)O)c(-c2ccc(F)c(S(C)=O)c2)c1)Sc1ccc(F)cc1. The lowest BCUT2D eigenvalue weighted by Crippen LogP contribution is -2.11. The summed E-state index contributed by atoms with van der Waals surface area (Å²) in [6.07, 6.45) is 1.39. The highest BCUT2D eigenvalue weighted by Gasteiger charge is 2.14. The summed E-state index contributed by atoms with van der Waals surface area (Å²) < 4.78 is 46.4. The Labute approximate surface area is 191 Å². The maximum Gasteiger partial charge on any atom is 0.341 e. The molecule has 0 amide bonds. The molecule has 32 heavy (non-hydrogen) atoms. The highest BCUT2D eigenvalue weighted by atomic mass is 32.2. The summed E-state index contributed by atoms with van der Waals surface area (Å²) in [6.45, 7) is -0.0115. The quantitative estimate of drug-likeness (QED) is 0.439. The minimum absolute atomic E-state index is 0.0565. The third kappa shape index (κ3) is 6.38. The number of hydrogen-bond donors (Lipinski definition) is 1. The fraction of sp³-hybridized carbons (Fsp3) is 0.174. The number of hydrogen-bond acceptors (Lipinski definition) is 5. The molecule has 0 saturated carbocycles. The van der Waals surface area contributed by atoms with Crippen molar-refractivity contribution in [1.29, 1.82) is 0 Å². The van der Waals surface area contributed by atoms with Gasteiger partial charge in [0.15, 0.2) is 6.61 Å². The minimum atomic E-state index is -1.53. The van der Waals surface area contributed by atoms with Gasteiger partial charge in [0.1, 0.15) is 17.4 Å². The molecule has 0 aliphatic carbocycles. The summed E-state index contributed by atoms with van der Waals surface area (Å²) in [6, 6.07) is 15.7. The lowest BCUT2D eigenvalue weighted by atomic mass is 10.0. The third-order valence-corrected chi connectivity index (χ3v) is 6.28. The molecule has 9 heteroatoms. The second-order valence-electron chi connectivity index (χ2n) is 6.94. The topological polar surface area (TPSA) is 66.8 Å². The van der Waals surface area contributed by atoms with Gasteiger partial charge in [0.05, 0.1) is 15.7 Å². The summed E-state index contributed by atoms with van der Waals surface area (Å²) in [7, 11) is 0.358. The lowest BCUT2D eigenvalue weighted by Gasteiger charge is -2.18. The molecule has 168 valence electrons. The third-order valence-electron chi connectivity index (χ3n) is 4.43. The summed E-state index contributed by atoms with van der Waals surface area (Å²) in [5.74, 6) is -1.67. The van der Waals surface area contributed by atoms with Crippen LogP contribution in [0.2, 0.25) is 0 Å². The molecule has 0 fully saturated rings. The van der Waals surface area contributed by atoms with Gasteiger partial charge < -0.3 is 9.84 Å². The van der Waals surface area contributed by atoms with E-state index in [9.17, 15) is 17.8 Å². The van der Waals surface area contributed by atoms with Gasteiger partial charge in [-0.15, -0.1) is 0 Å². The van der Waals surface area contributed by atoms with Crippen LogP contribution in [0.1, 0.15) is 5.56 Å². The first-order chi connectivity index (χ1) is 15.2. The van der Waals surface area contributed by atoms with Crippen molar-refractivity contribution in [1.82, 2.24) is 4.31 Å². The molecule has 5 nitrogen and oxygen atoms in total. The van der Waals surface area contributed by atoms with Crippen LogP contribution in [0.3, 0.4) is 0 Å². The van der Waals surface area contributed by atoms with Crippen LogP contribution in [-0.2, 0) is 22.1 Å². The molecule has 3 aromatic rings. The molecule has 0 aromatic heterocycles. The normalized spacial score (nSPS) is 12.0. The molecule has 1 N–H and O–H groups in total. The van der Waals surface area contributed by atoms with E-state index in [1.807, 2.05) is 23.5 Å². The van der Waals surface area contributed by atoms with E-state index in [1.54, 1.807) is 18.2 Å². The number of halogens is 2. The molecule has 0 saturated heterocycles. The van der Waals surface area contributed by atoms with Gasteiger partial charge in [0, 0.05) is 23.3 Å². The monoisotopic (exact) mass is 477 g/mol. The van der Waals surface area contributed by atoms with E-state index < -0.39 is 29.2 Å². The number of carbonyl (C=O) groups is 1. The Kier molecular flexibility index (Phi) is 8.00. The first kappa shape index (κ1) is 23.9. The van der Waals surface area contributed by atoms with Crippen molar-refractivity contribution in [3.63, 3.8) is 0 Å². The van der Waals surface area contributed by atoms with Gasteiger partial charge in [-0.3, -0.25) is 4.21 Å². The zero-order valence-corrected chi connectivity index (χ0v) is 19.0. The van der Waals surface area contributed by atoms with E-state index in [1.165, 1.54) is 48.5 Å². The number of carboxylic acids is 1. The van der Waals surface area contributed by atoms with Crippen LogP contribution in [0.5, 0.6) is 5.75 Å². The fourth-order valence-corrected chi connectivity index (χ4v) is 4.49. The van der Waals surface area contributed by atoms with Crippen LogP contribution in [0, 0.1) is 11.6 Å². The first-order valence-electron chi connectivity index (χ1n) is 9.48. The number of benzene rings is 3. The number of ether oxygens (including phenoxy) is 1. The van der Waals surface area contributed by atoms with Crippen molar-refractivity contribution in [3.05, 3.63) is 77.9 Å². The van der Waals surface area contributed by atoms with Crippen LogP contribution < -0.4 is 4.74 Å². The van der Waals surface area contributed by atoms with E-state index in [0.717, 1.165) is 10.5 Å². The standard InChI is InChI=1S/C23H21F2NO4S2/c1-26(31-18-7-5-17(24)6-8-18)13-15-3-10-21(30-14-23(27)28)19(11-15)16-4-9-20(25)22(12-16)32(2)29/h3-12H,13-14H2,1-2H3,(H,27,28). The van der Waals surface area contributed by atoms with Crippen molar-refractivity contribution in [2.75, 3.05) is 19.9 Å². The predicted molar refractivity (Wildman–Crippen MR) is 121 cm³/mol. The number of rotatable bonds is 9. The van der Waals surface area contributed by atoms with Crippen LogP contribution in [-0.4, -0.2) is 39.5 Å². The maximum absolute atomic E-state index is 14.0. The van der Waals surface area contributed by atoms with Crippen molar-refractivity contribution in [2.45, 2.75) is 16.3 Å². The van der Waals surface area contributed by atoms with E-state index in [0.29, 0.717) is 23.4 Å². The van der Waals surface area contributed by atoms with Crippen molar-refractivity contribution < 1.29 is 27.6 Å².